The molecule has 1 aromatic carbocycles. The van der Waals surface area contributed by atoms with Crippen LogP contribution in [0.5, 0.6) is 0 Å². The molecule has 9 heteroatoms. The minimum atomic E-state index is -0.383. The van der Waals surface area contributed by atoms with Crippen molar-refractivity contribution in [3.05, 3.63) is 39.9 Å². The number of rotatable bonds is 8. The van der Waals surface area contributed by atoms with Crippen molar-refractivity contribution in [2.24, 2.45) is 7.05 Å². The number of quaternary nitrogens is 1. The molecule has 0 fully saturated rings. The lowest BCUT2D eigenvalue weighted by Gasteiger charge is -2.02. The Hall–Kier alpha value is -2.00. The van der Waals surface area contributed by atoms with Crippen LogP contribution in [0.3, 0.4) is 0 Å². The molecule has 0 radical (unpaired) electrons. The number of hydrogen-bond acceptors (Lipinski definition) is 6. The quantitative estimate of drug-likeness (QED) is 0.327. The number of aryl methyl sites for hydroxylation is 1. The second-order valence-electron chi connectivity index (χ2n) is 4.49. The Morgan fingerprint density at radius 3 is 2.76 bits per heavy atom. The molecule has 8 nitrogen and oxygen atoms in total. The monoisotopic (exact) mass is 309 g/mol. The second kappa shape index (κ2) is 7.70. The molecule has 21 heavy (non-hydrogen) atoms. The van der Waals surface area contributed by atoms with Crippen molar-refractivity contribution in [2.75, 3.05) is 12.3 Å². The summed E-state index contributed by atoms with van der Waals surface area (Å²) in [6.45, 7) is 1.82. The van der Waals surface area contributed by atoms with Gasteiger partial charge < -0.3 is 5.32 Å². The maximum absolute atomic E-state index is 10.5. The highest BCUT2D eigenvalue weighted by molar-refractivity contribution is 7.99. The molecule has 0 atom stereocenters. The summed E-state index contributed by atoms with van der Waals surface area (Å²) < 4.78 is 1.66. The number of non-ortho nitro benzene ring substituents is 1. The zero-order chi connectivity index (χ0) is 15.1. The third-order valence-electron chi connectivity index (χ3n) is 2.89. The van der Waals surface area contributed by atoms with Gasteiger partial charge in [0.15, 0.2) is 0 Å². The fourth-order valence-corrected chi connectivity index (χ4v) is 2.57. The Bertz CT molecular complexity index is 586. The van der Waals surface area contributed by atoms with Gasteiger partial charge in [-0.1, -0.05) is 11.8 Å². The highest BCUT2D eigenvalue weighted by atomic mass is 32.2. The van der Waals surface area contributed by atoms with E-state index in [2.05, 4.69) is 20.8 Å². The average molecular weight is 309 g/mol. The maximum Gasteiger partial charge on any atom is 0.269 e. The van der Waals surface area contributed by atoms with Crippen LogP contribution in [0.4, 0.5) is 5.69 Å². The van der Waals surface area contributed by atoms with Crippen molar-refractivity contribution in [1.82, 2.24) is 20.2 Å². The molecule has 0 aliphatic heterocycles. The van der Waals surface area contributed by atoms with Crippen LogP contribution in [-0.2, 0) is 13.6 Å². The fourth-order valence-electron chi connectivity index (χ4n) is 1.76. The molecule has 2 aromatic rings. The Labute approximate surface area is 126 Å². The van der Waals surface area contributed by atoms with E-state index in [0.717, 1.165) is 36.0 Å². The Morgan fingerprint density at radius 2 is 2.14 bits per heavy atom. The third kappa shape index (κ3) is 4.80. The topological polar surface area (TPSA) is 103 Å². The van der Waals surface area contributed by atoms with Crippen LogP contribution in [0.2, 0.25) is 0 Å². The van der Waals surface area contributed by atoms with Crippen LogP contribution in [0.15, 0.2) is 29.4 Å². The lowest BCUT2D eigenvalue weighted by Crippen LogP contribution is -2.82. The van der Waals surface area contributed by atoms with Gasteiger partial charge in [0.1, 0.15) is 6.54 Å². The van der Waals surface area contributed by atoms with E-state index in [4.69, 9.17) is 0 Å². The molecule has 0 spiro atoms. The molecule has 0 amide bonds. The van der Waals surface area contributed by atoms with Crippen LogP contribution < -0.4 is 5.32 Å². The summed E-state index contributed by atoms with van der Waals surface area (Å²) in [6.07, 6.45) is 1.05. The molecule has 0 aliphatic carbocycles. The predicted octanol–water partition coefficient (Wildman–Crippen LogP) is 0.364. The molecule has 1 aromatic heterocycles. The molecular formula is C12H17N6O2S+. The molecule has 0 unspecified atom stereocenters. The molecular weight excluding hydrogens is 292 g/mol. The molecule has 0 aliphatic rings. The average Bonchev–Trinajstić information content (AvgIpc) is 2.88. The Kier molecular flexibility index (Phi) is 5.64. The van der Waals surface area contributed by atoms with E-state index >= 15 is 0 Å². The van der Waals surface area contributed by atoms with Gasteiger partial charge in [-0.3, -0.25) is 10.1 Å². The van der Waals surface area contributed by atoms with E-state index in [-0.39, 0.29) is 10.6 Å². The normalized spacial score (nSPS) is 10.7. The maximum atomic E-state index is 10.5. The van der Waals surface area contributed by atoms with Crippen LogP contribution in [0, 0.1) is 10.1 Å². The SMILES string of the molecule is Cn1nnnc1SCCC[NH2+]Cc1ccc([N+](=O)[O-])cc1. The summed E-state index contributed by atoms with van der Waals surface area (Å²) in [5, 5.41) is 24.8. The minimum Gasteiger partial charge on any atom is -0.342 e. The zero-order valence-electron chi connectivity index (χ0n) is 11.7. The Balaban J connectivity index is 1.61. The molecule has 0 saturated heterocycles. The lowest BCUT2D eigenvalue weighted by molar-refractivity contribution is -0.670. The Morgan fingerprint density at radius 1 is 1.38 bits per heavy atom. The first kappa shape index (κ1) is 15.4. The lowest BCUT2D eigenvalue weighted by atomic mass is 10.2. The summed E-state index contributed by atoms with van der Waals surface area (Å²) in [5.41, 5.74) is 1.22. The van der Waals surface area contributed by atoms with E-state index in [9.17, 15) is 10.1 Å². The first-order chi connectivity index (χ1) is 10.2. The summed E-state index contributed by atoms with van der Waals surface area (Å²) >= 11 is 1.64. The standard InChI is InChI=1S/C12H16N6O2S/c1-17-12(14-15-16-17)21-8-2-7-13-9-10-3-5-11(6-4-10)18(19)20/h3-6,13H,2,7-9H2,1H3/p+1. The highest BCUT2D eigenvalue weighted by Crippen LogP contribution is 2.12. The number of aromatic nitrogens is 4. The number of hydrogen-bond donors (Lipinski definition) is 1. The van der Waals surface area contributed by atoms with Crippen molar-refractivity contribution in [3.63, 3.8) is 0 Å². The fraction of sp³-hybridized carbons (Fsp3) is 0.417. The van der Waals surface area contributed by atoms with Crippen molar-refractivity contribution in [2.45, 2.75) is 18.1 Å². The largest absolute Gasteiger partial charge is 0.342 e. The number of nitrogens with two attached hydrogens (primary N) is 1. The first-order valence-electron chi connectivity index (χ1n) is 6.57. The van der Waals surface area contributed by atoms with Crippen LogP contribution >= 0.6 is 11.8 Å². The van der Waals surface area contributed by atoms with Crippen molar-refractivity contribution < 1.29 is 10.2 Å². The van der Waals surface area contributed by atoms with Crippen LogP contribution in [0.1, 0.15) is 12.0 Å². The molecule has 2 N–H and O–H groups in total. The van der Waals surface area contributed by atoms with Gasteiger partial charge in [-0.15, -0.1) is 5.10 Å². The zero-order valence-corrected chi connectivity index (χ0v) is 12.5. The number of nitro benzene ring substituents is 1. The van der Waals surface area contributed by atoms with E-state index < -0.39 is 0 Å². The minimum absolute atomic E-state index is 0.132. The number of tetrazole rings is 1. The van der Waals surface area contributed by atoms with E-state index in [0.29, 0.717) is 0 Å². The second-order valence-corrected chi connectivity index (χ2v) is 5.55. The van der Waals surface area contributed by atoms with E-state index in [1.807, 2.05) is 7.05 Å². The van der Waals surface area contributed by atoms with Crippen molar-refractivity contribution >= 4 is 17.4 Å². The molecule has 112 valence electrons. The first-order valence-corrected chi connectivity index (χ1v) is 7.55. The highest BCUT2D eigenvalue weighted by Gasteiger charge is 2.05. The number of thioether (sulfide) groups is 1. The van der Waals surface area contributed by atoms with Crippen LogP contribution in [0.25, 0.3) is 0 Å². The van der Waals surface area contributed by atoms with Gasteiger partial charge in [-0.05, 0) is 22.6 Å². The third-order valence-corrected chi connectivity index (χ3v) is 3.99. The van der Waals surface area contributed by atoms with Crippen molar-refractivity contribution in [3.8, 4) is 0 Å². The predicted molar refractivity (Wildman–Crippen MR) is 77.7 cm³/mol. The number of benzene rings is 1. The van der Waals surface area contributed by atoms with Gasteiger partial charge in [-0.2, -0.15) is 0 Å². The summed E-state index contributed by atoms with van der Waals surface area (Å²) in [7, 11) is 1.82. The molecule has 1 heterocycles. The summed E-state index contributed by atoms with van der Waals surface area (Å²) in [4.78, 5) is 10.2. The molecule has 0 saturated carbocycles. The van der Waals surface area contributed by atoms with Crippen LogP contribution in [-0.4, -0.2) is 37.4 Å². The number of nitrogens with zero attached hydrogens (tertiary/aromatic N) is 5. The summed E-state index contributed by atoms with van der Waals surface area (Å²) in [5.74, 6) is 0.963. The van der Waals surface area contributed by atoms with Gasteiger partial charge in [-0.25, -0.2) is 4.68 Å². The summed E-state index contributed by atoms with van der Waals surface area (Å²) in [6, 6.07) is 6.68. The van der Waals surface area contributed by atoms with E-state index in [1.54, 1.807) is 40.7 Å². The van der Waals surface area contributed by atoms with Gasteiger partial charge in [0.2, 0.25) is 5.16 Å². The molecule has 0 bridgehead atoms. The van der Waals surface area contributed by atoms with Gasteiger partial charge in [0.05, 0.1) is 11.5 Å². The van der Waals surface area contributed by atoms with Gasteiger partial charge >= 0.3 is 0 Å². The van der Waals surface area contributed by atoms with Gasteiger partial charge in [0.25, 0.3) is 5.69 Å². The van der Waals surface area contributed by atoms with Crippen molar-refractivity contribution in [1.29, 1.82) is 0 Å². The number of nitro groups is 1. The van der Waals surface area contributed by atoms with Gasteiger partial charge in [0, 0.05) is 36.9 Å². The molecule has 2 rings (SSSR count). The smallest absolute Gasteiger partial charge is 0.269 e. The van der Waals surface area contributed by atoms with E-state index in [1.165, 1.54) is 0 Å².